The van der Waals surface area contributed by atoms with E-state index >= 15 is 0 Å². The number of anilines is 2. The predicted octanol–water partition coefficient (Wildman–Crippen LogP) is 4.85. The molecule has 6 nitrogen and oxygen atoms in total. The van der Waals surface area contributed by atoms with Crippen molar-refractivity contribution in [2.45, 2.75) is 27.2 Å². The molecule has 29 heavy (non-hydrogen) atoms. The van der Waals surface area contributed by atoms with E-state index in [4.69, 9.17) is 28.6 Å². The number of nitrogens with one attached hydrogen (secondary N) is 3. The van der Waals surface area contributed by atoms with Crippen molar-refractivity contribution >= 4 is 52.1 Å². The topological polar surface area (TPSA) is 79.5 Å². The number of hydrogen-bond acceptors (Lipinski definition) is 4. The van der Waals surface area contributed by atoms with Gasteiger partial charge in [-0.25, -0.2) is 0 Å². The zero-order valence-corrected chi connectivity index (χ0v) is 18.1. The number of benzene rings is 2. The van der Waals surface area contributed by atoms with E-state index in [9.17, 15) is 9.59 Å². The van der Waals surface area contributed by atoms with Gasteiger partial charge in [0.05, 0.1) is 17.3 Å². The van der Waals surface area contributed by atoms with Gasteiger partial charge in [0.1, 0.15) is 5.75 Å². The number of hydrogen-bond donors (Lipinski definition) is 3. The van der Waals surface area contributed by atoms with Crippen LogP contribution in [0, 0.1) is 5.92 Å². The van der Waals surface area contributed by atoms with Crippen molar-refractivity contribution in [3.8, 4) is 5.75 Å². The Morgan fingerprint density at radius 2 is 1.79 bits per heavy atom. The van der Waals surface area contributed by atoms with Gasteiger partial charge in [-0.05, 0) is 60.6 Å². The lowest BCUT2D eigenvalue weighted by molar-refractivity contribution is -0.115. The van der Waals surface area contributed by atoms with Gasteiger partial charge in [-0.15, -0.1) is 0 Å². The van der Waals surface area contributed by atoms with Crippen LogP contribution in [0.3, 0.4) is 0 Å². The summed E-state index contributed by atoms with van der Waals surface area (Å²) >= 11 is 11.4. The molecule has 3 N–H and O–H groups in total. The lowest BCUT2D eigenvalue weighted by Gasteiger charge is -2.13. The van der Waals surface area contributed by atoms with Crippen molar-refractivity contribution in [2.24, 2.45) is 5.92 Å². The minimum atomic E-state index is -0.357. The summed E-state index contributed by atoms with van der Waals surface area (Å²) in [6.45, 7) is 6.50. The SMILES string of the molecule is CCC(=O)Nc1ccc(Cl)c(NC(=S)NC(=O)c2ccc(OCC(C)C)cc2)c1. The first-order valence-electron chi connectivity index (χ1n) is 9.23. The normalized spacial score (nSPS) is 10.4. The number of halogens is 1. The van der Waals surface area contributed by atoms with E-state index in [-0.39, 0.29) is 16.9 Å². The Labute approximate surface area is 181 Å². The van der Waals surface area contributed by atoms with E-state index in [1.165, 1.54) is 0 Å². The second-order valence-electron chi connectivity index (χ2n) is 6.73. The van der Waals surface area contributed by atoms with E-state index in [1.807, 2.05) is 0 Å². The molecular weight excluding hydrogens is 410 g/mol. The molecule has 0 aromatic heterocycles. The fraction of sp³-hybridized carbons (Fsp3) is 0.286. The quantitative estimate of drug-likeness (QED) is 0.544. The number of ether oxygens (including phenoxy) is 1. The molecule has 0 saturated heterocycles. The summed E-state index contributed by atoms with van der Waals surface area (Å²) < 4.78 is 5.61. The largest absolute Gasteiger partial charge is 0.493 e. The van der Waals surface area contributed by atoms with Gasteiger partial charge in [-0.1, -0.05) is 32.4 Å². The molecule has 154 valence electrons. The maximum atomic E-state index is 12.4. The van der Waals surface area contributed by atoms with Gasteiger partial charge < -0.3 is 15.4 Å². The smallest absolute Gasteiger partial charge is 0.257 e. The van der Waals surface area contributed by atoms with Crippen LogP contribution in [0.4, 0.5) is 11.4 Å². The molecule has 2 aromatic rings. The molecule has 0 fully saturated rings. The van der Waals surface area contributed by atoms with E-state index in [0.29, 0.717) is 46.7 Å². The van der Waals surface area contributed by atoms with E-state index < -0.39 is 0 Å². The summed E-state index contributed by atoms with van der Waals surface area (Å²) in [5, 5.41) is 8.73. The third kappa shape index (κ3) is 7.36. The van der Waals surface area contributed by atoms with Crippen molar-refractivity contribution in [2.75, 3.05) is 17.2 Å². The lowest BCUT2D eigenvalue weighted by atomic mass is 10.2. The van der Waals surface area contributed by atoms with Crippen LogP contribution in [0.1, 0.15) is 37.6 Å². The van der Waals surface area contributed by atoms with Crippen LogP contribution < -0.4 is 20.7 Å². The van der Waals surface area contributed by atoms with Crippen molar-refractivity contribution in [3.63, 3.8) is 0 Å². The fourth-order valence-corrected chi connectivity index (χ4v) is 2.61. The minimum Gasteiger partial charge on any atom is -0.493 e. The summed E-state index contributed by atoms with van der Waals surface area (Å²) in [5.41, 5.74) is 1.50. The highest BCUT2D eigenvalue weighted by atomic mass is 35.5. The molecular formula is C21H24ClN3O3S. The first kappa shape index (κ1) is 22.6. The molecule has 0 aliphatic heterocycles. The first-order valence-corrected chi connectivity index (χ1v) is 10.0. The average Bonchev–Trinajstić information content (AvgIpc) is 2.69. The number of amides is 2. The molecule has 0 aliphatic carbocycles. The zero-order chi connectivity index (χ0) is 21.4. The second kappa shape index (κ2) is 10.8. The predicted molar refractivity (Wildman–Crippen MR) is 121 cm³/mol. The average molecular weight is 434 g/mol. The number of rotatable bonds is 7. The highest BCUT2D eigenvalue weighted by Gasteiger charge is 2.11. The van der Waals surface area contributed by atoms with Gasteiger partial charge in [0.15, 0.2) is 5.11 Å². The summed E-state index contributed by atoms with van der Waals surface area (Å²) in [6.07, 6.45) is 0.362. The maximum absolute atomic E-state index is 12.4. The summed E-state index contributed by atoms with van der Waals surface area (Å²) in [6, 6.07) is 11.8. The van der Waals surface area contributed by atoms with Crippen molar-refractivity contribution < 1.29 is 14.3 Å². The van der Waals surface area contributed by atoms with Gasteiger partial charge in [0.25, 0.3) is 5.91 Å². The Morgan fingerprint density at radius 1 is 1.10 bits per heavy atom. The van der Waals surface area contributed by atoms with Crippen LogP contribution in [0.2, 0.25) is 5.02 Å². The van der Waals surface area contributed by atoms with E-state index in [2.05, 4.69) is 29.8 Å². The molecule has 0 heterocycles. The van der Waals surface area contributed by atoms with Gasteiger partial charge in [-0.3, -0.25) is 14.9 Å². The number of carbonyl (C=O) groups excluding carboxylic acids is 2. The summed E-state index contributed by atoms with van der Waals surface area (Å²) in [7, 11) is 0. The van der Waals surface area contributed by atoms with Crippen molar-refractivity contribution in [1.29, 1.82) is 0 Å². The van der Waals surface area contributed by atoms with Crippen LogP contribution in [0.25, 0.3) is 0 Å². The van der Waals surface area contributed by atoms with Gasteiger partial charge in [-0.2, -0.15) is 0 Å². The molecule has 0 aliphatic rings. The van der Waals surface area contributed by atoms with Crippen LogP contribution in [-0.2, 0) is 4.79 Å². The maximum Gasteiger partial charge on any atom is 0.257 e. The fourth-order valence-electron chi connectivity index (χ4n) is 2.24. The molecule has 2 aromatic carbocycles. The van der Waals surface area contributed by atoms with E-state index in [0.717, 1.165) is 0 Å². The van der Waals surface area contributed by atoms with E-state index in [1.54, 1.807) is 49.4 Å². The molecule has 0 spiro atoms. The highest BCUT2D eigenvalue weighted by Crippen LogP contribution is 2.25. The molecule has 0 radical (unpaired) electrons. The third-order valence-electron chi connectivity index (χ3n) is 3.75. The van der Waals surface area contributed by atoms with Crippen LogP contribution >= 0.6 is 23.8 Å². The minimum absolute atomic E-state index is 0.0935. The molecule has 2 rings (SSSR count). The zero-order valence-electron chi connectivity index (χ0n) is 16.5. The monoisotopic (exact) mass is 433 g/mol. The summed E-state index contributed by atoms with van der Waals surface area (Å²) in [5.74, 6) is 0.648. The Hall–Kier alpha value is -2.64. The van der Waals surface area contributed by atoms with Crippen molar-refractivity contribution in [1.82, 2.24) is 5.32 Å². The van der Waals surface area contributed by atoms with Crippen LogP contribution in [0.5, 0.6) is 5.75 Å². The van der Waals surface area contributed by atoms with Crippen LogP contribution in [-0.4, -0.2) is 23.5 Å². The van der Waals surface area contributed by atoms with Gasteiger partial charge >= 0.3 is 0 Å². The standard InChI is InChI=1S/C21H24ClN3O3S/c1-4-19(26)23-15-7-10-17(22)18(11-15)24-21(29)25-20(27)14-5-8-16(9-6-14)28-12-13(2)3/h5-11,13H,4,12H2,1-3H3,(H,23,26)(H2,24,25,27,29). The molecule has 0 atom stereocenters. The van der Waals surface area contributed by atoms with Gasteiger partial charge in [0, 0.05) is 17.7 Å². The molecule has 0 bridgehead atoms. The summed E-state index contributed by atoms with van der Waals surface area (Å²) in [4.78, 5) is 23.9. The molecule has 2 amide bonds. The Bertz CT molecular complexity index is 885. The number of thiocarbonyl (C=S) groups is 1. The first-order chi connectivity index (χ1) is 13.8. The van der Waals surface area contributed by atoms with Crippen LogP contribution in [0.15, 0.2) is 42.5 Å². The highest BCUT2D eigenvalue weighted by molar-refractivity contribution is 7.80. The molecule has 0 unspecified atom stereocenters. The number of carbonyl (C=O) groups is 2. The lowest BCUT2D eigenvalue weighted by Crippen LogP contribution is -2.34. The van der Waals surface area contributed by atoms with Gasteiger partial charge in [0.2, 0.25) is 5.91 Å². The third-order valence-corrected chi connectivity index (χ3v) is 4.28. The Balaban J connectivity index is 1.97. The Morgan fingerprint density at radius 3 is 2.41 bits per heavy atom. The second-order valence-corrected chi connectivity index (χ2v) is 7.55. The molecule has 8 heteroatoms. The van der Waals surface area contributed by atoms with Crippen molar-refractivity contribution in [3.05, 3.63) is 53.1 Å². The Kier molecular flexibility index (Phi) is 8.42. The molecule has 0 saturated carbocycles.